The fourth-order valence-corrected chi connectivity index (χ4v) is 4.16. The number of rotatable bonds is 10. The van der Waals surface area contributed by atoms with Gasteiger partial charge in [-0.05, 0) is 66.9 Å². The second-order valence-corrected chi connectivity index (χ2v) is 8.40. The number of nitrogens with one attached hydrogen (secondary N) is 1. The Labute approximate surface area is 196 Å². The van der Waals surface area contributed by atoms with Gasteiger partial charge < -0.3 is 19.9 Å². The largest absolute Gasteiger partial charge is 0.490 e. The van der Waals surface area contributed by atoms with Gasteiger partial charge in [-0.25, -0.2) is 14.8 Å². The molecule has 2 N–H and O–H groups in total. The third-order valence-electron chi connectivity index (χ3n) is 5.09. The van der Waals surface area contributed by atoms with Crippen LogP contribution in [0.2, 0.25) is 0 Å². The minimum Gasteiger partial charge on any atom is -0.490 e. The first kappa shape index (κ1) is 22.5. The molecule has 7 nitrogen and oxygen atoms in total. The van der Waals surface area contributed by atoms with Crippen LogP contribution in [-0.2, 0) is 11.2 Å². The zero-order chi connectivity index (χ0) is 23.2. The summed E-state index contributed by atoms with van der Waals surface area (Å²) in [5.41, 5.74) is 2.82. The highest BCUT2D eigenvalue weighted by Gasteiger charge is 2.16. The monoisotopic (exact) mass is 463 g/mol. The number of thiophene rings is 1. The van der Waals surface area contributed by atoms with Crippen molar-refractivity contribution in [3.63, 3.8) is 0 Å². The molecule has 0 radical (unpaired) electrons. The lowest BCUT2D eigenvalue weighted by atomic mass is 10.1. The van der Waals surface area contributed by atoms with E-state index in [1.54, 1.807) is 23.5 Å². The maximum absolute atomic E-state index is 11.1. The number of ether oxygens (including phenoxy) is 2. The highest BCUT2D eigenvalue weighted by Crippen LogP contribution is 2.33. The number of hydrogen-bond donors (Lipinski definition) is 2. The molecule has 0 amide bonds. The maximum atomic E-state index is 11.1. The molecular formula is C25H25N3O4S. The lowest BCUT2D eigenvalue weighted by Crippen LogP contribution is -2.23. The van der Waals surface area contributed by atoms with Gasteiger partial charge in [0.15, 0.2) is 17.6 Å². The van der Waals surface area contributed by atoms with Crippen molar-refractivity contribution < 1.29 is 19.4 Å². The fourth-order valence-electron chi connectivity index (χ4n) is 3.39. The molecule has 0 bridgehead atoms. The predicted octanol–water partition coefficient (Wildman–Crippen LogP) is 5.26. The van der Waals surface area contributed by atoms with Crippen molar-refractivity contribution in [1.82, 2.24) is 9.97 Å². The van der Waals surface area contributed by atoms with Crippen molar-refractivity contribution in [3.05, 3.63) is 65.8 Å². The number of carboxylic acid groups (broad SMARTS) is 1. The number of nitrogens with zero attached hydrogens (tertiary/aromatic N) is 2. The first-order chi connectivity index (χ1) is 16.0. The molecule has 0 saturated carbocycles. The zero-order valence-electron chi connectivity index (χ0n) is 18.4. The summed E-state index contributed by atoms with van der Waals surface area (Å²) in [6, 6.07) is 15.9. The Hall–Kier alpha value is -3.65. The second-order valence-electron chi connectivity index (χ2n) is 7.45. The Kier molecular flexibility index (Phi) is 7.04. The SMILES string of the molecule is CCOc1cc(-c2cc(NCCc3ccc4sccc4c3)ncn2)ccc1OC(C)C(=O)O. The Balaban J connectivity index is 1.45. The number of aliphatic carboxylic acids is 1. The summed E-state index contributed by atoms with van der Waals surface area (Å²) in [5, 5.41) is 15.9. The van der Waals surface area contributed by atoms with Gasteiger partial charge in [-0.3, -0.25) is 0 Å². The molecule has 170 valence electrons. The highest BCUT2D eigenvalue weighted by atomic mass is 32.1. The van der Waals surface area contributed by atoms with Crippen LogP contribution < -0.4 is 14.8 Å². The van der Waals surface area contributed by atoms with E-state index in [4.69, 9.17) is 14.6 Å². The molecule has 2 heterocycles. The summed E-state index contributed by atoms with van der Waals surface area (Å²) in [5.74, 6) is 0.545. The Morgan fingerprint density at radius 2 is 2.00 bits per heavy atom. The van der Waals surface area contributed by atoms with Gasteiger partial charge in [0, 0.05) is 22.9 Å². The molecule has 4 rings (SSSR count). The first-order valence-electron chi connectivity index (χ1n) is 10.7. The molecule has 2 aromatic heterocycles. The van der Waals surface area contributed by atoms with Crippen LogP contribution in [0.5, 0.6) is 11.5 Å². The highest BCUT2D eigenvalue weighted by molar-refractivity contribution is 7.17. The fraction of sp³-hybridized carbons (Fsp3) is 0.240. The number of anilines is 1. The van der Waals surface area contributed by atoms with Gasteiger partial charge in [-0.1, -0.05) is 12.1 Å². The third kappa shape index (κ3) is 5.59. The lowest BCUT2D eigenvalue weighted by Gasteiger charge is -2.15. The van der Waals surface area contributed by atoms with E-state index in [1.165, 1.54) is 28.9 Å². The summed E-state index contributed by atoms with van der Waals surface area (Å²) >= 11 is 1.75. The van der Waals surface area contributed by atoms with Crippen LogP contribution >= 0.6 is 11.3 Å². The van der Waals surface area contributed by atoms with Crippen molar-refractivity contribution in [2.75, 3.05) is 18.5 Å². The van der Waals surface area contributed by atoms with Gasteiger partial charge in [0.1, 0.15) is 12.1 Å². The van der Waals surface area contributed by atoms with Crippen molar-refractivity contribution in [2.45, 2.75) is 26.4 Å². The molecule has 0 aliphatic heterocycles. The number of hydrogen-bond acceptors (Lipinski definition) is 7. The standard InChI is InChI=1S/C25H25N3O4S/c1-3-31-22-13-18(5-6-21(22)32-16(2)25(29)30)20-14-24(28-15-27-20)26-10-8-17-4-7-23-19(12-17)9-11-33-23/h4-7,9,11-16H,3,8,10H2,1-2H3,(H,29,30)(H,26,27,28). The maximum Gasteiger partial charge on any atom is 0.344 e. The number of carboxylic acids is 1. The van der Waals surface area contributed by atoms with Crippen molar-refractivity contribution in [3.8, 4) is 22.8 Å². The molecule has 0 aliphatic carbocycles. The van der Waals surface area contributed by atoms with Crippen LogP contribution in [0.4, 0.5) is 5.82 Å². The van der Waals surface area contributed by atoms with Gasteiger partial charge >= 0.3 is 5.97 Å². The van der Waals surface area contributed by atoms with Crippen molar-refractivity contribution in [2.24, 2.45) is 0 Å². The topological polar surface area (TPSA) is 93.6 Å². The molecule has 8 heteroatoms. The Morgan fingerprint density at radius 1 is 1.12 bits per heavy atom. The Bertz CT molecular complexity index is 1260. The smallest absolute Gasteiger partial charge is 0.344 e. The summed E-state index contributed by atoms with van der Waals surface area (Å²) < 4.78 is 12.5. The molecular weight excluding hydrogens is 438 g/mol. The lowest BCUT2D eigenvalue weighted by molar-refractivity contribution is -0.144. The summed E-state index contributed by atoms with van der Waals surface area (Å²) in [6.07, 6.45) is 1.42. The van der Waals surface area contributed by atoms with E-state index in [1.807, 2.05) is 19.1 Å². The number of fused-ring (bicyclic) bond motifs is 1. The van der Waals surface area contributed by atoms with E-state index in [9.17, 15) is 4.79 Å². The van der Waals surface area contributed by atoms with Crippen LogP contribution in [0.1, 0.15) is 19.4 Å². The quantitative estimate of drug-likeness (QED) is 0.331. The minimum absolute atomic E-state index is 0.380. The van der Waals surface area contributed by atoms with E-state index in [0.717, 1.165) is 30.0 Å². The Morgan fingerprint density at radius 3 is 2.82 bits per heavy atom. The third-order valence-corrected chi connectivity index (χ3v) is 5.99. The minimum atomic E-state index is -1.04. The molecule has 2 aromatic carbocycles. The van der Waals surface area contributed by atoms with Crippen LogP contribution in [0.15, 0.2) is 60.2 Å². The van der Waals surface area contributed by atoms with E-state index in [0.29, 0.717) is 18.1 Å². The van der Waals surface area contributed by atoms with Crippen LogP contribution in [-0.4, -0.2) is 40.3 Å². The molecule has 33 heavy (non-hydrogen) atoms. The number of benzene rings is 2. The number of carbonyl (C=O) groups is 1. The zero-order valence-corrected chi connectivity index (χ0v) is 19.3. The average molecular weight is 464 g/mol. The normalized spacial score (nSPS) is 11.8. The number of aromatic nitrogens is 2. The van der Waals surface area contributed by atoms with Gasteiger partial charge in [0.05, 0.1) is 12.3 Å². The molecule has 0 saturated heterocycles. The molecule has 1 unspecified atom stereocenters. The molecule has 1 atom stereocenters. The van der Waals surface area contributed by atoms with Crippen molar-refractivity contribution >= 4 is 33.2 Å². The van der Waals surface area contributed by atoms with E-state index >= 15 is 0 Å². The molecule has 0 fully saturated rings. The molecule has 4 aromatic rings. The summed E-state index contributed by atoms with van der Waals surface area (Å²) in [4.78, 5) is 19.8. The van der Waals surface area contributed by atoms with Crippen LogP contribution in [0.25, 0.3) is 21.3 Å². The van der Waals surface area contributed by atoms with Crippen LogP contribution in [0, 0.1) is 0 Å². The molecule has 0 spiro atoms. The summed E-state index contributed by atoms with van der Waals surface area (Å²) in [7, 11) is 0. The van der Waals surface area contributed by atoms with E-state index < -0.39 is 12.1 Å². The second kappa shape index (κ2) is 10.3. The van der Waals surface area contributed by atoms with Gasteiger partial charge in [-0.2, -0.15) is 0 Å². The van der Waals surface area contributed by atoms with Gasteiger partial charge in [0.2, 0.25) is 0 Å². The first-order valence-corrected chi connectivity index (χ1v) is 11.6. The summed E-state index contributed by atoms with van der Waals surface area (Å²) in [6.45, 7) is 4.51. The average Bonchev–Trinajstić information content (AvgIpc) is 3.28. The van der Waals surface area contributed by atoms with Crippen molar-refractivity contribution in [1.29, 1.82) is 0 Å². The van der Waals surface area contributed by atoms with Crippen LogP contribution in [0.3, 0.4) is 0 Å². The molecule has 0 aliphatic rings. The van der Waals surface area contributed by atoms with Gasteiger partial charge in [-0.15, -0.1) is 11.3 Å². The van der Waals surface area contributed by atoms with Gasteiger partial charge in [0.25, 0.3) is 0 Å². The van der Waals surface area contributed by atoms with E-state index in [-0.39, 0.29) is 0 Å². The predicted molar refractivity (Wildman–Crippen MR) is 130 cm³/mol. The van der Waals surface area contributed by atoms with E-state index in [2.05, 4.69) is 44.9 Å².